The number of carboxylic acids is 1. The molecule has 1 aromatic rings. The van der Waals surface area contributed by atoms with Crippen LogP contribution in [0.2, 0.25) is 5.02 Å². The largest absolute Gasteiger partial charge is 0.481 e. The molecule has 3 atom stereocenters. The van der Waals surface area contributed by atoms with Gasteiger partial charge in [0.15, 0.2) is 0 Å². The number of amides is 1. The molecule has 2 aliphatic rings. The maximum absolute atomic E-state index is 13.0. The van der Waals surface area contributed by atoms with Gasteiger partial charge in [-0.15, -0.1) is 0 Å². The van der Waals surface area contributed by atoms with Crippen molar-refractivity contribution in [3.8, 4) is 0 Å². The lowest BCUT2D eigenvalue weighted by molar-refractivity contribution is -0.149. The van der Waals surface area contributed by atoms with Crippen LogP contribution in [0.1, 0.15) is 38.7 Å². The predicted molar refractivity (Wildman–Crippen MR) is 109 cm³/mol. The number of anilines is 1. The van der Waals surface area contributed by atoms with Gasteiger partial charge in [-0.3, -0.25) is 9.59 Å². The normalized spacial score (nSPS) is 24.7. The summed E-state index contributed by atoms with van der Waals surface area (Å²) in [6, 6.07) is 1.87. The number of likely N-dealkylation sites (tertiary alicyclic amines) is 1. The van der Waals surface area contributed by atoms with E-state index in [4.69, 9.17) is 11.6 Å². The Kier molecular flexibility index (Phi) is 8.37. The molecule has 2 aliphatic heterocycles. The molecule has 10 heteroatoms. The number of nitrogens with one attached hydrogen (secondary N) is 2. The number of carboxylic acid groups (broad SMARTS) is 1. The molecule has 6 nitrogen and oxygen atoms in total. The first-order valence-corrected chi connectivity index (χ1v) is 10.4. The van der Waals surface area contributed by atoms with E-state index in [1.807, 2.05) is 13.8 Å². The van der Waals surface area contributed by atoms with E-state index in [1.165, 1.54) is 6.07 Å². The van der Waals surface area contributed by atoms with E-state index < -0.39 is 35.7 Å². The zero-order valence-corrected chi connectivity index (χ0v) is 17.7. The molecule has 2 fully saturated rings. The summed E-state index contributed by atoms with van der Waals surface area (Å²) in [7, 11) is 0. The molecule has 0 aromatic heterocycles. The minimum atomic E-state index is -4.55. The van der Waals surface area contributed by atoms with Crippen molar-refractivity contribution in [2.75, 3.05) is 25.0 Å². The van der Waals surface area contributed by atoms with Gasteiger partial charge in [0, 0.05) is 23.8 Å². The maximum Gasteiger partial charge on any atom is 0.416 e. The Hall–Kier alpha value is -2.00. The molecular weight excluding hydrogens is 423 g/mol. The number of piperidine rings is 2. The van der Waals surface area contributed by atoms with Crippen LogP contribution < -0.4 is 10.6 Å². The molecule has 1 amide bonds. The van der Waals surface area contributed by atoms with Gasteiger partial charge < -0.3 is 20.6 Å². The summed E-state index contributed by atoms with van der Waals surface area (Å²) >= 11 is 5.81. The van der Waals surface area contributed by atoms with Gasteiger partial charge in [0.05, 0.1) is 17.5 Å². The van der Waals surface area contributed by atoms with E-state index in [2.05, 4.69) is 10.6 Å². The topological polar surface area (TPSA) is 81.7 Å². The molecule has 0 saturated carbocycles. The highest BCUT2D eigenvalue weighted by molar-refractivity contribution is 6.31. The van der Waals surface area contributed by atoms with Crippen molar-refractivity contribution < 1.29 is 27.9 Å². The number of rotatable bonds is 4. The number of halogens is 4. The fourth-order valence-corrected chi connectivity index (χ4v) is 4.09. The van der Waals surface area contributed by atoms with Crippen molar-refractivity contribution in [2.45, 2.75) is 51.4 Å². The van der Waals surface area contributed by atoms with Gasteiger partial charge in [-0.05, 0) is 44.0 Å². The van der Waals surface area contributed by atoms with Gasteiger partial charge in [0.2, 0.25) is 5.91 Å². The summed E-state index contributed by atoms with van der Waals surface area (Å²) in [4.78, 5) is 26.0. The second-order valence-corrected chi connectivity index (χ2v) is 7.54. The number of hydrogen-bond donors (Lipinski definition) is 3. The van der Waals surface area contributed by atoms with Crippen molar-refractivity contribution in [1.29, 1.82) is 0 Å². The number of nitrogens with zero attached hydrogens (tertiary/aromatic N) is 1. The average Bonchev–Trinajstić information content (AvgIpc) is 2.70. The number of aliphatic carboxylic acids is 1. The molecule has 0 spiro atoms. The van der Waals surface area contributed by atoms with Gasteiger partial charge in [-0.1, -0.05) is 25.4 Å². The van der Waals surface area contributed by atoms with Crippen molar-refractivity contribution >= 4 is 29.2 Å². The van der Waals surface area contributed by atoms with Crippen LogP contribution in [0.4, 0.5) is 18.9 Å². The number of carbonyl (C=O) groups is 2. The Morgan fingerprint density at radius 1 is 1.27 bits per heavy atom. The fourth-order valence-electron chi connectivity index (χ4n) is 3.86. The van der Waals surface area contributed by atoms with Crippen LogP contribution in [0.5, 0.6) is 0 Å². The van der Waals surface area contributed by atoms with Crippen LogP contribution in [0.25, 0.3) is 0 Å². The first-order chi connectivity index (χ1) is 14.2. The summed E-state index contributed by atoms with van der Waals surface area (Å²) in [5.41, 5.74) is -0.790. The summed E-state index contributed by atoms with van der Waals surface area (Å²) in [6.45, 7) is 5.38. The summed E-state index contributed by atoms with van der Waals surface area (Å²) in [6.07, 6.45) is -3.06. The number of alkyl halides is 3. The highest BCUT2D eigenvalue weighted by Crippen LogP contribution is 2.34. The molecule has 3 N–H and O–H groups in total. The number of carbonyl (C=O) groups excluding carboxylic acids is 1. The van der Waals surface area contributed by atoms with Crippen LogP contribution in [-0.4, -0.2) is 53.6 Å². The van der Waals surface area contributed by atoms with Gasteiger partial charge in [0.1, 0.15) is 6.04 Å². The van der Waals surface area contributed by atoms with E-state index in [0.717, 1.165) is 12.1 Å². The van der Waals surface area contributed by atoms with E-state index in [-0.39, 0.29) is 16.6 Å². The second kappa shape index (κ2) is 10.3. The van der Waals surface area contributed by atoms with Gasteiger partial charge in [-0.25, -0.2) is 0 Å². The molecular formula is C20H27ClF3N3O3. The SMILES string of the molecule is CC.O=C(O)C1CCNCC1N1CCCC(Nc2cc(Cl)cc(C(F)(F)F)c2)C1=O. The van der Waals surface area contributed by atoms with E-state index >= 15 is 0 Å². The monoisotopic (exact) mass is 449 g/mol. The van der Waals surface area contributed by atoms with Gasteiger partial charge in [0.25, 0.3) is 0 Å². The molecule has 0 aliphatic carbocycles. The third-order valence-corrected chi connectivity index (χ3v) is 5.42. The molecule has 2 saturated heterocycles. The van der Waals surface area contributed by atoms with Crippen LogP contribution in [0, 0.1) is 5.92 Å². The standard InChI is InChI=1S/C18H21ClF3N3O3.C2H6/c19-11-6-10(18(20,21)22)7-12(8-11)24-14-2-1-5-25(16(14)26)15-9-23-4-3-13(15)17(27)28;1-2/h6-8,13-15,23-24H,1-5,9H2,(H,27,28);1-2H3. The Balaban J connectivity index is 0.00000155. The Morgan fingerprint density at radius 3 is 2.60 bits per heavy atom. The highest BCUT2D eigenvalue weighted by Gasteiger charge is 2.41. The van der Waals surface area contributed by atoms with Crippen molar-refractivity contribution in [2.24, 2.45) is 5.92 Å². The molecule has 30 heavy (non-hydrogen) atoms. The zero-order chi connectivity index (χ0) is 22.5. The molecule has 0 radical (unpaired) electrons. The quantitative estimate of drug-likeness (QED) is 0.650. The molecule has 2 heterocycles. The zero-order valence-electron chi connectivity index (χ0n) is 16.9. The van der Waals surface area contributed by atoms with Crippen LogP contribution in [0.15, 0.2) is 18.2 Å². The average molecular weight is 450 g/mol. The summed E-state index contributed by atoms with van der Waals surface area (Å²) in [5, 5.41) is 15.3. The number of hydrogen-bond acceptors (Lipinski definition) is 4. The summed E-state index contributed by atoms with van der Waals surface area (Å²) < 4.78 is 39.0. The molecule has 0 bridgehead atoms. The third kappa shape index (κ3) is 5.78. The van der Waals surface area contributed by atoms with Crippen molar-refractivity contribution in [3.63, 3.8) is 0 Å². The fraction of sp³-hybridized carbons (Fsp3) is 0.600. The Bertz CT molecular complexity index is 761. The Morgan fingerprint density at radius 2 is 1.97 bits per heavy atom. The van der Waals surface area contributed by atoms with Gasteiger partial charge >= 0.3 is 12.1 Å². The highest BCUT2D eigenvalue weighted by atomic mass is 35.5. The lowest BCUT2D eigenvalue weighted by atomic mass is 9.89. The molecule has 3 unspecified atom stereocenters. The van der Waals surface area contributed by atoms with Gasteiger partial charge in [-0.2, -0.15) is 13.2 Å². The van der Waals surface area contributed by atoms with E-state index in [0.29, 0.717) is 38.9 Å². The van der Waals surface area contributed by atoms with E-state index in [1.54, 1.807) is 4.90 Å². The minimum absolute atomic E-state index is 0.0835. The van der Waals surface area contributed by atoms with Crippen molar-refractivity contribution in [3.05, 3.63) is 28.8 Å². The molecule has 3 rings (SSSR count). The second-order valence-electron chi connectivity index (χ2n) is 7.10. The number of benzene rings is 1. The minimum Gasteiger partial charge on any atom is -0.481 e. The van der Waals surface area contributed by atoms with Crippen LogP contribution in [0.3, 0.4) is 0 Å². The van der Waals surface area contributed by atoms with Crippen molar-refractivity contribution in [1.82, 2.24) is 10.2 Å². The summed E-state index contributed by atoms with van der Waals surface area (Å²) in [5.74, 6) is -1.91. The molecule has 1 aromatic carbocycles. The Labute approximate surface area is 178 Å². The first kappa shape index (κ1) is 24.3. The lowest BCUT2D eigenvalue weighted by Crippen LogP contribution is -2.60. The predicted octanol–water partition coefficient (Wildman–Crippen LogP) is 3.85. The smallest absolute Gasteiger partial charge is 0.416 e. The van der Waals surface area contributed by atoms with E-state index in [9.17, 15) is 27.9 Å². The third-order valence-electron chi connectivity index (χ3n) is 5.21. The van der Waals surface area contributed by atoms with Crippen LogP contribution >= 0.6 is 11.6 Å². The first-order valence-electron chi connectivity index (χ1n) is 10.0. The molecule has 168 valence electrons. The maximum atomic E-state index is 13.0. The van der Waals surface area contributed by atoms with Crippen LogP contribution in [-0.2, 0) is 15.8 Å². The lowest BCUT2D eigenvalue weighted by Gasteiger charge is -2.42.